The van der Waals surface area contributed by atoms with E-state index in [2.05, 4.69) is 4.72 Å². The van der Waals surface area contributed by atoms with Crippen molar-refractivity contribution in [2.24, 2.45) is 0 Å². The molecule has 0 radical (unpaired) electrons. The monoisotopic (exact) mass is 446 g/mol. The summed E-state index contributed by atoms with van der Waals surface area (Å²) in [5.41, 5.74) is 1.65. The minimum Gasteiger partial charge on any atom is -0.468 e. The molecule has 2 aromatic rings. The zero-order chi connectivity index (χ0) is 22.3. The predicted octanol–water partition coefficient (Wildman–Crippen LogP) is 2.10. The number of likely N-dealkylation sites (tertiary alicyclic amines) is 1. The zero-order valence-electron chi connectivity index (χ0n) is 17.3. The summed E-state index contributed by atoms with van der Waals surface area (Å²) in [6.07, 6.45) is -0.132. The molecular formula is C22H26N2O6S. The average molecular weight is 447 g/mol. The number of nitrogens with zero attached hydrogens (tertiary/aromatic N) is 1. The highest BCUT2D eigenvalue weighted by Gasteiger charge is 2.38. The molecule has 1 fully saturated rings. The number of hydrogen-bond acceptors (Lipinski definition) is 6. The number of benzene rings is 2. The molecule has 31 heavy (non-hydrogen) atoms. The van der Waals surface area contributed by atoms with Gasteiger partial charge in [-0.3, -0.25) is 4.79 Å². The minimum atomic E-state index is -3.87. The molecule has 0 aliphatic carbocycles. The number of sulfonamides is 1. The molecule has 0 saturated carbocycles. The number of carbonyl (C=O) groups excluding carboxylic acids is 2. The second kappa shape index (κ2) is 10.4. The van der Waals surface area contributed by atoms with Crippen LogP contribution in [0.3, 0.4) is 0 Å². The molecule has 0 spiro atoms. The molecule has 166 valence electrons. The fourth-order valence-corrected chi connectivity index (χ4v) is 4.98. The highest BCUT2D eigenvalue weighted by Crippen LogP contribution is 2.19. The van der Waals surface area contributed by atoms with Crippen LogP contribution in [-0.4, -0.2) is 56.9 Å². The van der Waals surface area contributed by atoms with E-state index < -0.39 is 33.4 Å². The molecule has 1 aliphatic heterocycles. The number of rotatable bonds is 8. The molecule has 1 saturated heterocycles. The Hall–Kier alpha value is -2.91. The van der Waals surface area contributed by atoms with Crippen molar-refractivity contribution in [2.75, 3.05) is 20.2 Å². The maximum Gasteiger partial charge on any atom is 0.410 e. The number of esters is 1. The second-order valence-corrected chi connectivity index (χ2v) is 9.32. The smallest absolute Gasteiger partial charge is 0.410 e. The molecule has 1 N–H and O–H groups in total. The van der Waals surface area contributed by atoms with Crippen molar-refractivity contribution in [2.45, 2.75) is 30.7 Å². The number of nitrogens with one attached hydrogen (secondary N) is 1. The fraction of sp³-hybridized carbons (Fsp3) is 0.364. The lowest BCUT2D eigenvalue weighted by atomic mass is 10.1. The second-order valence-electron chi connectivity index (χ2n) is 7.33. The van der Waals surface area contributed by atoms with E-state index >= 15 is 0 Å². The number of amides is 1. The maximum atomic E-state index is 12.9. The Kier molecular flexibility index (Phi) is 7.64. The first-order valence-electron chi connectivity index (χ1n) is 9.97. The van der Waals surface area contributed by atoms with Crippen LogP contribution in [0.15, 0.2) is 60.7 Å². The van der Waals surface area contributed by atoms with Crippen LogP contribution in [0.25, 0.3) is 0 Å². The molecule has 2 atom stereocenters. The van der Waals surface area contributed by atoms with Gasteiger partial charge in [0.2, 0.25) is 10.0 Å². The highest BCUT2D eigenvalue weighted by molar-refractivity contribution is 7.90. The summed E-state index contributed by atoms with van der Waals surface area (Å²) in [5.74, 6) is -0.662. The Morgan fingerprint density at radius 1 is 1.06 bits per heavy atom. The van der Waals surface area contributed by atoms with E-state index in [9.17, 15) is 18.0 Å². The van der Waals surface area contributed by atoms with E-state index in [1.807, 2.05) is 60.7 Å². The van der Waals surface area contributed by atoms with Gasteiger partial charge in [0.15, 0.2) is 0 Å². The molecule has 1 heterocycles. The lowest BCUT2D eigenvalue weighted by Crippen LogP contribution is -2.47. The van der Waals surface area contributed by atoms with Crippen LogP contribution in [0.5, 0.6) is 0 Å². The Balaban J connectivity index is 1.59. The Morgan fingerprint density at radius 2 is 1.68 bits per heavy atom. The standard InChI is InChI=1S/C22H26N2O6S/c1-29-21(25)20(14-17-8-4-2-5-9-17)23-31(27,28)19-12-13-24(15-19)22(26)30-16-18-10-6-3-7-11-18/h2-11,19-20,23H,12-16H2,1H3/t19-,20+/m1/s1. The van der Waals surface area contributed by atoms with Crippen molar-refractivity contribution in [3.8, 4) is 0 Å². The van der Waals surface area contributed by atoms with E-state index in [4.69, 9.17) is 9.47 Å². The summed E-state index contributed by atoms with van der Waals surface area (Å²) in [6, 6.07) is 17.3. The first-order chi connectivity index (χ1) is 14.9. The van der Waals surface area contributed by atoms with E-state index in [1.54, 1.807) is 0 Å². The highest BCUT2D eigenvalue weighted by atomic mass is 32.2. The van der Waals surface area contributed by atoms with Crippen LogP contribution in [0.1, 0.15) is 17.5 Å². The molecule has 8 nitrogen and oxygen atoms in total. The number of ether oxygens (including phenoxy) is 2. The third-order valence-corrected chi connectivity index (χ3v) is 7.00. The van der Waals surface area contributed by atoms with E-state index in [0.717, 1.165) is 11.1 Å². The van der Waals surface area contributed by atoms with Crippen molar-refractivity contribution in [3.63, 3.8) is 0 Å². The molecular weight excluding hydrogens is 420 g/mol. The first-order valence-corrected chi connectivity index (χ1v) is 11.5. The van der Waals surface area contributed by atoms with Gasteiger partial charge in [-0.05, 0) is 24.0 Å². The van der Waals surface area contributed by atoms with Gasteiger partial charge in [0.05, 0.1) is 12.4 Å². The molecule has 0 unspecified atom stereocenters. The number of carbonyl (C=O) groups is 2. The van der Waals surface area contributed by atoms with Crippen molar-refractivity contribution < 1.29 is 27.5 Å². The van der Waals surface area contributed by atoms with Gasteiger partial charge in [0.25, 0.3) is 0 Å². The third kappa shape index (κ3) is 6.28. The summed E-state index contributed by atoms with van der Waals surface area (Å²) < 4.78 is 38.3. The van der Waals surface area contributed by atoms with Crippen LogP contribution < -0.4 is 4.72 Å². The zero-order valence-corrected chi connectivity index (χ0v) is 18.1. The van der Waals surface area contributed by atoms with Gasteiger partial charge in [-0.2, -0.15) is 0 Å². The minimum absolute atomic E-state index is 0.00217. The van der Waals surface area contributed by atoms with Gasteiger partial charge in [0.1, 0.15) is 12.6 Å². The third-order valence-electron chi connectivity index (χ3n) is 5.12. The SMILES string of the molecule is COC(=O)[C@H](Cc1ccccc1)NS(=O)(=O)[C@@H]1CCN(C(=O)OCc2ccccc2)C1. The van der Waals surface area contributed by atoms with Crippen LogP contribution >= 0.6 is 0 Å². The van der Waals surface area contributed by atoms with Crippen molar-refractivity contribution >= 4 is 22.1 Å². The normalized spacial score (nSPS) is 17.2. The summed E-state index contributed by atoms with van der Waals surface area (Å²) in [7, 11) is -2.65. The van der Waals surface area contributed by atoms with Crippen LogP contribution in [0.4, 0.5) is 4.79 Å². The number of methoxy groups -OCH3 is 1. The molecule has 1 aliphatic rings. The summed E-state index contributed by atoms with van der Waals surface area (Å²) in [6.45, 7) is 0.385. The Labute approximate surface area is 182 Å². The van der Waals surface area contributed by atoms with Gasteiger partial charge in [-0.1, -0.05) is 60.7 Å². The van der Waals surface area contributed by atoms with Crippen molar-refractivity contribution in [1.29, 1.82) is 0 Å². The van der Waals surface area contributed by atoms with Gasteiger partial charge in [-0.15, -0.1) is 0 Å². The maximum absolute atomic E-state index is 12.9. The van der Waals surface area contributed by atoms with E-state index in [0.29, 0.717) is 0 Å². The van der Waals surface area contributed by atoms with Crippen LogP contribution in [-0.2, 0) is 37.3 Å². The Bertz CT molecular complexity index is 982. The van der Waals surface area contributed by atoms with Gasteiger partial charge in [0, 0.05) is 13.1 Å². The molecule has 0 bridgehead atoms. The molecule has 9 heteroatoms. The lowest BCUT2D eigenvalue weighted by Gasteiger charge is -2.20. The van der Waals surface area contributed by atoms with E-state index in [1.165, 1.54) is 12.0 Å². The van der Waals surface area contributed by atoms with Gasteiger partial charge >= 0.3 is 12.1 Å². The largest absolute Gasteiger partial charge is 0.468 e. The fourth-order valence-electron chi connectivity index (χ4n) is 3.42. The van der Waals surface area contributed by atoms with Crippen molar-refractivity contribution in [3.05, 3.63) is 71.8 Å². The molecule has 0 aromatic heterocycles. The van der Waals surface area contributed by atoms with E-state index in [-0.39, 0.29) is 32.5 Å². The van der Waals surface area contributed by atoms with Crippen molar-refractivity contribution in [1.82, 2.24) is 9.62 Å². The lowest BCUT2D eigenvalue weighted by molar-refractivity contribution is -0.142. The predicted molar refractivity (Wildman–Crippen MR) is 115 cm³/mol. The Morgan fingerprint density at radius 3 is 2.29 bits per heavy atom. The molecule has 3 rings (SSSR count). The molecule has 1 amide bonds. The quantitative estimate of drug-likeness (QED) is 0.623. The van der Waals surface area contributed by atoms with Gasteiger partial charge < -0.3 is 14.4 Å². The van der Waals surface area contributed by atoms with Crippen LogP contribution in [0, 0.1) is 0 Å². The average Bonchev–Trinajstić information content (AvgIpc) is 3.29. The summed E-state index contributed by atoms with van der Waals surface area (Å²) >= 11 is 0. The molecule has 2 aromatic carbocycles. The first kappa shape index (κ1) is 22.8. The van der Waals surface area contributed by atoms with Crippen LogP contribution in [0.2, 0.25) is 0 Å². The summed E-state index contributed by atoms with van der Waals surface area (Å²) in [4.78, 5) is 25.9. The topological polar surface area (TPSA) is 102 Å². The summed E-state index contributed by atoms with van der Waals surface area (Å²) in [5, 5.41) is -0.834. The van der Waals surface area contributed by atoms with Gasteiger partial charge in [-0.25, -0.2) is 17.9 Å². The number of hydrogen-bond donors (Lipinski definition) is 1.